The van der Waals surface area contributed by atoms with Crippen LogP contribution in [0.3, 0.4) is 0 Å². The van der Waals surface area contributed by atoms with Gasteiger partial charge in [0.2, 0.25) is 0 Å². The van der Waals surface area contributed by atoms with Crippen molar-refractivity contribution in [3.8, 4) is 84.3 Å². The van der Waals surface area contributed by atoms with Crippen LogP contribution < -0.4 is 9.30 Å². The fourth-order valence-corrected chi connectivity index (χ4v) is 10.8. The zero-order valence-electron chi connectivity index (χ0n) is 63.1. The minimum atomic E-state index is -3.03. The first-order chi connectivity index (χ1) is 45.3. The molecular weight excluding hydrogens is 937 g/mol. The third-order valence-corrected chi connectivity index (χ3v) is 14.6. The standard InChI is InChI=1S/C72H62N4O/c1-44-20-17-21-45(2)67(44)48-36-60-56-28-13-11-26-54(56)55-27-12-14-29-57(55)61-38-50(72(8,9)10)39-62(68-46(3)22-18-23-47(68)4)69(61)75-43-74(65(37-48)70(60)75)51-24-19-25-52(41-51)77-53-32-33-59-58-30-15-16-31-63(58)76(64(59)42-53)66-40-49(34-35-73-66)71(5,6)7/h11-42H,1-10H3/i1D3,2D3,3D3,4D3,11D,12D,13D,14D,26D,27D,28D,29D. The normalized spacial score (nSPS) is 16.7. The Morgan fingerprint density at radius 3 is 1.78 bits per heavy atom. The Morgan fingerprint density at radius 2 is 1.10 bits per heavy atom. The van der Waals surface area contributed by atoms with Crippen molar-refractivity contribution in [2.45, 2.75) is 79.8 Å². The molecule has 0 amide bonds. The molecule has 376 valence electrons. The van der Waals surface area contributed by atoms with Crippen molar-refractivity contribution in [2.75, 3.05) is 0 Å². The Morgan fingerprint density at radius 1 is 0.506 bits per heavy atom. The highest BCUT2D eigenvalue weighted by molar-refractivity contribution is 6.10. The van der Waals surface area contributed by atoms with Crippen LogP contribution in [0.15, 0.2) is 194 Å². The number of hydrogen-bond acceptors (Lipinski definition) is 2. The number of ether oxygens (including phenoxy) is 1. The molecule has 0 unspecified atom stereocenters. The summed E-state index contributed by atoms with van der Waals surface area (Å²) in [6, 6.07) is 32.3. The van der Waals surface area contributed by atoms with Gasteiger partial charge >= 0.3 is 0 Å². The predicted octanol–water partition coefficient (Wildman–Crippen LogP) is 18.5. The summed E-state index contributed by atoms with van der Waals surface area (Å²) in [7, 11) is 0. The van der Waals surface area contributed by atoms with Gasteiger partial charge in [0.1, 0.15) is 17.3 Å². The molecule has 1 aliphatic heterocycles. The van der Waals surface area contributed by atoms with Crippen molar-refractivity contribution in [1.29, 1.82) is 0 Å². The van der Waals surface area contributed by atoms with Crippen LogP contribution >= 0.6 is 0 Å². The molecule has 0 fully saturated rings. The summed E-state index contributed by atoms with van der Waals surface area (Å²) in [5.41, 5.74) is -1.92. The Hall–Kier alpha value is -8.80. The highest BCUT2D eigenvalue weighted by Crippen LogP contribution is 2.49. The molecule has 9 aromatic carbocycles. The van der Waals surface area contributed by atoms with E-state index in [1.807, 2.05) is 69.3 Å². The van der Waals surface area contributed by atoms with Gasteiger partial charge in [-0.05, 0) is 182 Å². The number of hydrogen-bond donors (Lipinski definition) is 0. The van der Waals surface area contributed by atoms with Gasteiger partial charge in [-0.1, -0.05) is 169 Å². The number of aromatic nitrogens is 4. The van der Waals surface area contributed by atoms with Gasteiger partial charge in [-0.25, -0.2) is 4.98 Å². The molecule has 0 aliphatic carbocycles. The molecule has 0 atom stereocenters. The van der Waals surface area contributed by atoms with Crippen LogP contribution in [0.2, 0.25) is 0 Å². The third kappa shape index (κ3) is 7.98. The summed E-state index contributed by atoms with van der Waals surface area (Å²) in [4.78, 5) is 4.85. The first-order valence-corrected chi connectivity index (χ1v) is 25.3. The number of imidazole rings is 1. The van der Waals surface area contributed by atoms with E-state index in [2.05, 4.69) is 37.7 Å². The molecule has 5 heteroatoms. The topological polar surface area (TPSA) is 35.9 Å². The van der Waals surface area contributed by atoms with Crippen LogP contribution in [0.4, 0.5) is 0 Å². The monoisotopic (exact) mass is 1020 g/mol. The molecule has 3 aromatic heterocycles. The zero-order valence-corrected chi connectivity index (χ0v) is 43.1. The molecule has 13 rings (SSSR count). The maximum atomic E-state index is 10.1. The van der Waals surface area contributed by atoms with E-state index in [4.69, 9.17) is 26.2 Å². The Balaban J connectivity index is 1.22. The van der Waals surface area contributed by atoms with Crippen LogP contribution in [0.5, 0.6) is 11.5 Å². The zero-order chi connectivity index (χ0) is 70.0. The lowest BCUT2D eigenvalue weighted by Gasteiger charge is -2.27. The van der Waals surface area contributed by atoms with E-state index < -0.39 is 115 Å². The molecule has 4 heterocycles. The lowest BCUT2D eigenvalue weighted by atomic mass is 9.80. The summed E-state index contributed by atoms with van der Waals surface area (Å²) in [6.07, 6.45) is 5.27. The van der Waals surface area contributed by atoms with E-state index in [9.17, 15) is 11.0 Å². The molecule has 5 nitrogen and oxygen atoms in total. The highest BCUT2D eigenvalue weighted by atomic mass is 16.5. The van der Waals surface area contributed by atoms with E-state index in [-0.39, 0.29) is 78.1 Å². The summed E-state index contributed by atoms with van der Waals surface area (Å²) in [5.74, 6) is 1.35. The molecule has 0 spiro atoms. The van der Waals surface area contributed by atoms with Crippen molar-refractivity contribution in [3.63, 3.8) is 0 Å². The quantitative estimate of drug-likeness (QED) is 0.123. The predicted molar refractivity (Wildman–Crippen MR) is 319 cm³/mol. The van der Waals surface area contributed by atoms with E-state index >= 15 is 0 Å². The van der Waals surface area contributed by atoms with Crippen LogP contribution in [-0.4, -0.2) is 14.1 Å². The lowest BCUT2D eigenvalue weighted by molar-refractivity contribution is -0.570. The fourth-order valence-electron chi connectivity index (χ4n) is 10.8. The van der Waals surface area contributed by atoms with Crippen LogP contribution in [-0.2, 0) is 10.8 Å². The van der Waals surface area contributed by atoms with E-state index in [0.717, 1.165) is 27.4 Å². The number of nitrogens with zero attached hydrogens (tertiary/aromatic N) is 4. The average Bonchev–Trinajstić information content (AvgIpc) is 1.61. The van der Waals surface area contributed by atoms with Gasteiger partial charge < -0.3 is 4.74 Å². The lowest BCUT2D eigenvalue weighted by Crippen LogP contribution is -2.32. The number of aryl methyl sites for hydroxylation is 4. The van der Waals surface area contributed by atoms with E-state index in [0.29, 0.717) is 17.1 Å². The molecule has 0 bridgehead atoms. The molecule has 0 N–H and O–H groups in total. The summed E-state index contributed by atoms with van der Waals surface area (Å²) < 4.78 is 197. The van der Waals surface area contributed by atoms with Crippen molar-refractivity contribution < 1.29 is 36.7 Å². The van der Waals surface area contributed by atoms with Crippen molar-refractivity contribution in [3.05, 3.63) is 234 Å². The second kappa shape index (κ2) is 17.9. The maximum absolute atomic E-state index is 10.1. The average molecular weight is 1020 g/mol. The number of fused-ring (bicyclic) bond motifs is 10. The molecule has 0 radical (unpaired) electrons. The largest absolute Gasteiger partial charge is 0.458 e. The first kappa shape index (κ1) is 30.7. The Kier molecular flexibility index (Phi) is 7.14. The van der Waals surface area contributed by atoms with E-state index in [1.54, 1.807) is 42.6 Å². The van der Waals surface area contributed by atoms with Gasteiger partial charge in [0.25, 0.3) is 6.33 Å². The van der Waals surface area contributed by atoms with Gasteiger partial charge in [0.05, 0.1) is 44.4 Å². The van der Waals surface area contributed by atoms with Crippen molar-refractivity contribution in [2.24, 2.45) is 0 Å². The second-order valence-corrected chi connectivity index (χ2v) is 21.6. The van der Waals surface area contributed by atoms with Gasteiger partial charge in [-0.2, -0.15) is 0 Å². The molecule has 0 saturated carbocycles. The molecule has 12 aromatic rings. The highest BCUT2D eigenvalue weighted by Gasteiger charge is 2.30. The van der Waals surface area contributed by atoms with Crippen molar-refractivity contribution >= 4 is 32.8 Å². The van der Waals surface area contributed by atoms with Gasteiger partial charge in [0, 0.05) is 39.5 Å². The number of para-hydroxylation sites is 1. The van der Waals surface area contributed by atoms with Crippen LogP contribution in [0.1, 0.15) is 102 Å². The Labute approximate surface area is 480 Å². The van der Waals surface area contributed by atoms with E-state index in [1.165, 1.54) is 57.7 Å². The summed E-state index contributed by atoms with van der Waals surface area (Å²) in [6.45, 7) is -0.125. The van der Waals surface area contributed by atoms with Gasteiger partial charge in [-0.3, -0.25) is 13.7 Å². The minimum Gasteiger partial charge on any atom is -0.458 e. The van der Waals surface area contributed by atoms with Crippen LogP contribution in [0.25, 0.3) is 106 Å². The smallest absolute Gasteiger partial charge is 0.269 e. The van der Waals surface area contributed by atoms with Gasteiger partial charge in [-0.15, -0.1) is 0 Å². The maximum Gasteiger partial charge on any atom is 0.269 e. The molecular formula is C72H62N4O. The van der Waals surface area contributed by atoms with Crippen LogP contribution in [0, 0.1) is 33.7 Å². The first-order valence-electron chi connectivity index (χ1n) is 35.3. The molecule has 0 saturated heterocycles. The number of benzene rings is 9. The number of rotatable bonds is 6. The van der Waals surface area contributed by atoms with Gasteiger partial charge in [0.15, 0.2) is 0 Å². The van der Waals surface area contributed by atoms with Crippen molar-refractivity contribution in [1.82, 2.24) is 14.1 Å². The Bertz CT molecular complexity index is 5260. The molecule has 77 heavy (non-hydrogen) atoms. The second-order valence-electron chi connectivity index (χ2n) is 21.6. The third-order valence-electron chi connectivity index (χ3n) is 14.6. The molecule has 1 aliphatic rings. The summed E-state index contributed by atoms with van der Waals surface area (Å²) >= 11 is 0. The fraction of sp³-hybridized carbons (Fsp3) is 0.167. The summed E-state index contributed by atoms with van der Waals surface area (Å²) in [5, 5.41) is 1.90. The SMILES string of the molecule is [2H]c1c([2H])c([2H])c2c(c1[2H])-c1cc(C(C)(C)C)cc(-c3c(C([2H])([2H])[2H])cccc3C([2H])([2H])[2H])c1-[n+]1[c-]n(-c3cccc(Oc4ccc5c6ccccc6n(-c6cc(C(C)(C)C)ccn6)c5c4)c3)c3cc(-c4c(C([2H])([2H])[2H])cccc4C([2H])([2H])[2H])cc(c31)-c1c([2H])c([2H])c([2H])c([2H])c1-2. The minimum absolute atomic E-state index is 0.0264. The number of pyridine rings is 1.